The lowest BCUT2D eigenvalue weighted by Crippen LogP contribution is -2.11. The van der Waals surface area contributed by atoms with E-state index in [2.05, 4.69) is 36.4 Å². The van der Waals surface area contributed by atoms with Gasteiger partial charge in [0, 0.05) is 0 Å². The smallest absolute Gasteiger partial charge is 0.492 e. The van der Waals surface area contributed by atoms with Crippen LogP contribution in [0.25, 0.3) is 22.3 Å². The number of ether oxygens (including phenoxy) is 3. The summed E-state index contributed by atoms with van der Waals surface area (Å²) < 4.78 is 16.7. The second-order valence-corrected chi connectivity index (χ2v) is 8.87. The van der Waals surface area contributed by atoms with Gasteiger partial charge in [-0.3, -0.25) is 0 Å². The Labute approximate surface area is 213 Å². The van der Waals surface area contributed by atoms with E-state index in [0.29, 0.717) is 23.7 Å². The van der Waals surface area contributed by atoms with Gasteiger partial charge in [-0.25, -0.2) is 9.59 Å². The first-order chi connectivity index (χ1) is 16.8. The number of hydrogen-bond donors (Lipinski definition) is 1. The largest absolute Gasteiger partial charge is 0.514 e. The molecule has 7 heteroatoms. The molecule has 0 radical (unpaired) electrons. The molecule has 0 aromatic heterocycles. The third-order valence-electron chi connectivity index (χ3n) is 5.42. The van der Waals surface area contributed by atoms with Crippen molar-refractivity contribution in [1.82, 2.24) is 0 Å². The van der Waals surface area contributed by atoms with Crippen molar-refractivity contribution in [3.8, 4) is 33.8 Å². The zero-order chi connectivity index (χ0) is 25.4. The number of carbonyl (C=O) groups is 2. The van der Waals surface area contributed by atoms with Crippen LogP contribution in [0.2, 0.25) is 0 Å². The second-order valence-electron chi connectivity index (χ2n) is 8.01. The quantitative estimate of drug-likeness (QED) is 0.162. The van der Waals surface area contributed by atoms with Crippen LogP contribution >= 0.6 is 15.9 Å². The molecule has 0 bridgehead atoms. The molecule has 3 rings (SSSR count). The van der Waals surface area contributed by atoms with Crippen LogP contribution in [0.4, 0.5) is 4.79 Å². The Balaban J connectivity index is 1.84. The number of benzene rings is 3. The van der Waals surface area contributed by atoms with E-state index in [1.165, 1.54) is 24.3 Å². The normalized spacial score (nSPS) is 11.4. The summed E-state index contributed by atoms with van der Waals surface area (Å²) in [5, 5.41) is 9.64. The molecule has 0 fully saturated rings. The lowest BCUT2D eigenvalue weighted by Gasteiger charge is -2.14. The van der Waals surface area contributed by atoms with Gasteiger partial charge in [-0.1, -0.05) is 63.3 Å². The fraction of sp³-hybridized carbons (Fsp3) is 0.214. The Hall–Kier alpha value is -3.58. The molecule has 0 amide bonds. The number of carbonyl (C=O) groups excluding carboxylic acids is 1. The molecule has 0 aliphatic heterocycles. The number of halogens is 1. The molecule has 0 aliphatic carbocycles. The van der Waals surface area contributed by atoms with Gasteiger partial charge in [0.05, 0.1) is 16.6 Å². The average molecular weight is 539 g/mol. The van der Waals surface area contributed by atoms with Crippen LogP contribution < -0.4 is 9.47 Å². The van der Waals surface area contributed by atoms with Gasteiger partial charge in [-0.05, 0) is 74.4 Å². The topological polar surface area (TPSA) is 82.1 Å². The molecule has 3 aromatic rings. The van der Waals surface area contributed by atoms with Gasteiger partial charge in [-0.2, -0.15) is 0 Å². The monoisotopic (exact) mass is 538 g/mol. The van der Waals surface area contributed by atoms with Gasteiger partial charge in [-0.15, -0.1) is 0 Å². The van der Waals surface area contributed by atoms with Gasteiger partial charge >= 0.3 is 12.1 Å². The number of hydrogen-bond acceptors (Lipinski definition) is 5. The predicted molar refractivity (Wildman–Crippen MR) is 139 cm³/mol. The summed E-state index contributed by atoms with van der Waals surface area (Å²) in [7, 11) is 0. The summed E-state index contributed by atoms with van der Waals surface area (Å²) in [6.45, 7) is 8.43. The third kappa shape index (κ3) is 6.96. The molecule has 1 atom stereocenters. The van der Waals surface area contributed by atoms with Crippen molar-refractivity contribution in [1.29, 1.82) is 0 Å². The summed E-state index contributed by atoms with van der Waals surface area (Å²) in [5.41, 5.74) is 3.13. The number of carboxylic acid groups (broad SMARTS) is 1. The average Bonchev–Trinajstić information content (AvgIpc) is 2.86. The maximum Gasteiger partial charge on any atom is 0.514 e. The highest BCUT2D eigenvalue weighted by atomic mass is 79.9. The standard InChI is InChI=1S/C28H27BrO6/c1-4-14-33-28(32)35-22-11-12-23(27(30)31)24(16-22)20-8-6-19(7-9-20)21-10-13-26(25(29)15-21)34-17-18(3)5-2/h4,6-13,15-16,18H,1,5,14,17H2,2-3H3,(H,30,31). The van der Waals surface area contributed by atoms with Crippen molar-refractivity contribution in [2.45, 2.75) is 20.3 Å². The third-order valence-corrected chi connectivity index (χ3v) is 6.04. The van der Waals surface area contributed by atoms with Crippen molar-refractivity contribution < 1.29 is 28.9 Å². The van der Waals surface area contributed by atoms with Gasteiger partial charge in [0.2, 0.25) is 0 Å². The van der Waals surface area contributed by atoms with Gasteiger partial charge < -0.3 is 19.3 Å². The summed E-state index contributed by atoms with van der Waals surface area (Å²) in [6.07, 6.45) is 1.59. The Morgan fingerprint density at radius 3 is 2.34 bits per heavy atom. The highest BCUT2D eigenvalue weighted by molar-refractivity contribution is 9.10. The van der Waals surface area contributed by atoms with Crippen molar-refractivity contribution in [2.24, 2.45) is 5.92 Å². The Morgan fingerprint density at radius 1 is 1.03 bits per heavy atom. The number of carboxylic acids is 1. The first-order valence-electron chi connectivity index (χ1n) is 11.2. The van der Waals surface area contributed by atoms with Crippen molar-refractivity contribution >= 4 is 28.1 Å². The van der Waals surface area contributed by atoms with E-state index in [1.54, 1.807) is 0 Å². The molecule has 1 unspecified atom stereocenters. The molecule has 0 saturated carbocycles. The fourth-order valence-electron chi connectivity index (χ4n) is 3.25. The maximum atomic E-state index is 11.8. The zero-order valence-electron chi connectivity index (χ0n) is 19.6. The lowest BCUT2D eigenvalue weighted by atomic mass is 9.96. The molecule has 0 saturated heterocycles. The minimum Gasteiger partial charge on any atom is -0.492 e. The van der Waals surface area contributed by atoms with E-state index in [0.717, 1.165) is 27.8 Å². The van der Waals surface area contributed by atoms with Crippen molar-refractivity contribution in [3.05, 3.63) is 83.4 Å². The summed E-state index contributed by atoms with van der Waals surface area (Å²) >= 11 is 3.59. The molecule has 1 N–H and O–H groups in total. The molecule has 3 aromatic carbocycles. The molecular weight excluding hydrogens is 512 g/mol. The number of rotatable bonds is 10. The molecular formula is C28H27BrO6. The van der Waals surface area contributed by atoms with Crippen LogP contribution in [0, 0.1) is 5.92 Å². The van der Waals surface area contributed by atoms with E-state index >= 15 is 0 Å². The van der Waals surface area contributed by atoms with Crippen LogP contribution in [0.1, 0.15) is 30.6 Å². The Bertz CT molecular complexity index is 1200. The Morgan fingerprint density at radius 2 is 1.71 bits per heavy atom. The van der Waals surface area contributed by atoms with Crippen LogP contribution in [-0.4, -0.2) is 30.4 Å². The van der Waals surface area contributed by atoms with E-state index in [4.69, 9.17) is 14.2 Å². The highest BCUT2D eigenvalue weighted by Crippen LogP contribution is 2.34. The first kappa shape index (κ1) is 26.0. The van der Waals surface area contributed by atoms with E-state index in [1.807, 2.05) is 42.5 Å². The first-order valence-corrected chi connectivity index (χ1v) is 12.0. The summed E-state index contributed by atoms with van der Waals surface area (Å²) in [4.78, 5) is 23.5. The van der Waals surface area contributed by atoms with Crippen molar-refractivity contribution in [2.75, 3.05) is 13.2 Å². The van der Waals surface area contributed by atoms with Crippen LogP contribution in [0.3, 0.4) is 0 Å². The minimum atomic E-state index is -1.08. The van der Waals surface area contributed by atoms with E-state index in [9.17, 15) is 14.7 Å². The summed E-state index contributed by atoms with van der Waals surface area (Å²) in [6, 6.07) is 17.7. The van der Waals surface area contributed by atoms with E-state index in [-0.39, 0.29) is 17.9 Å². The minimum absolute atomic E-state index is 0.0153. The second kappa shape index (κ2) is 12.2. The lowest BCUT2D eigenvalue weighted by molar-refractivity contribution is 0.0697. The zero-order valence-corrected chi connectivity index (χ0v) is 21.2. The molecule has 182 valence electrons. The van der Waals surface area contributed by atoms with Crippen LogP contribution in [-0.2, 0) is 4.74 Å². The fourth-order valence-corrected chi connectivity index (χ4v) is 3.75. The predicted octanol–water partition coefficient (Wildman–Crippen LogP) is 7.61. The van der Waals surface area contributed by atoms with Crippen molar-refractivity contribution in [3.63, 3.8) is 0 Å². The van der Waals surface area contributed by atoms with Gasteiger partial charge in [0.15, 0.2) is 0 Å². The van der Waals surface area contributed by atoms with Gasteiger partial charge in [0.1, 0.15) is 18.1 Å². The van der Waals surface area contributed by atoms with E-state index < -0.39 is 12.1 Å². The molecule has 0 aliphatic rings. The molecule has 35 heavy (non-hydrogen) atoms. The van der Waals surface area contributed by atoms with Crippen LogP contribution in [0.15, 0.2) is 77.8 Å². The molecule has 0 heterocycles. The highest BCUT2D eigenvalue weighted by Gasteiger charge is 2.15. The van der Waals surface area contributed by atoms with Gasteiger partial charge in [0.25, 0.3) is 0 Å². The summed E-state index contributed by atoms with van der Waals surface area (Å²) in [5.74, 6) is 0.369. The number of aromatic carboxylic acids is 1. The Kier molecular flexibility index (Phi) is 9.09. The van der Waals surface area contributed by atoms with Crippen LogP contribution in [0.5, 0.6) is 11.5 Å². The molecule has 6 nitrogen and oxygen atoms in total. The SMILES string of the molecule is C=CCOC(=O)Oc1ccc(C(=O)O)c(-c2ccc(-c3ccc(OCC(C)CC)c(Br)c3)cc2)c1. The maximum absolute atomic E-state index is 11.8. The molecule has 0 spiro atoms.